The highest BCUT2D eigenvalue weighted by molar-refractivity contribution is 6.11. The first-order valence-corrected chi connectivity index (χ1v) is 8.36. The zero-order chi connectivity index (χ0) is 17.0. The summed E-state index contributed by atoms with van der Waals surface area (Å²) in [7, 11) is 0. The van der Waals surface area contributed by atoms with E-state index in [1.807, 2.05) is 47.0 Å². The first-order valence-electron chi connectivity index (χ1n) is 8.36. The number of carbonyl (C=O) groups is 1. The first kappa shape index (κ1) is 14.1. The molecule has 0 bridgehead atoms. The van der Waals surface area contributed by atoms with Gasteiger partial charge in [-0.15, -0.1) is 0 Å². The van der Waals surface area contributed by atoms with Gasteiger partial charge in [-0.1, -0.05) is 60.7 Å². The van der Waals surface area contributed by atoms with Crippen molar-refractivity contribution in [2.24, 2.45) is 0 Å². The van der Waals surface area contributed by atoms with E-state index in [4.69, 9.17) is 0 Å². The van der Waals surface area contributed by atoms with Crippen molar-refractivity contribution in [3.8, 4) is 11.1 Å². The molecule has 0 aliphatic heterocycles. The minimum Gasteiger partial charge on any atom is -0.293 e. The quantitative estimate of drug-likeness (QED) is 0.407. The lowest BCUT2D eigenvalue weighted by atomic mass is 10.0. The van der Waals surface area contributed by atoms with Crippen LogP contribution in [0.1, 0.15) is 11.7 Å². The van der Waals surface area contributed by atoms with E-state index in [1.54, 1.807) is 6.92 Å². The van der Waals surface area contributed by atoms with E-state index in [0.29, 0.717) is 0 Å². The molecule has 0 unspecified atom stereocenters. The van der Waals surface area contributed by atoms with E-state index in [-0.39, 0.29) is 5.91 Å². The van der Waals surface area contributed by atoms with Gasteiger partial charge in [0.25, 0.3) is 0 Å². The lowest BCUT2D eigenvalue weighted by molar-refractivity contribution is 0.0946. The van der Waals surface area contributed by atoms with E-state index in [9.17, 15) is 4.79 Å². The van der Waals surface area contributed by atoms with Crippen LogP contribution in [0.5, 0.6) is 0 Å². The fraction of sp³-hybridized carbons (Fsp3) is 0.0455. The Kier molecular flexibility index (Phi) is 2.86. The Labute approximate surface area is 144 Å². The second-order valence-corrected chi connectivity index (χ2v) is 6.26. The van der Waals surface area contributed by atoms with Crippen molar-refractivity contribution in [2.45, 2.75) is 6.92 Å². The van der Waals surface area contributed by atoms with Gasteiger partial charge in [0.1, 0.15) is 5.65 Å². The minimum atomic E-state index is 0.0196. The van der Waals surface area contributed by atoms with Crippen molar-refractivity contribution in [2.75, 3.05) is 0 Å². The molecule has 2 heterocycles. The standard InChI is InChI=1S/C22H16N2O/c1-15(25)23-19-13-7-8-14-20(19)24-18-12-6-5-11-17(18)21(22(23)24)16-9-3-2-4-10-16/h2-14H,1H3. The summed E-state index contributed by atoms with van der Waals surface area (Å²) in [5, 5.41) is 1.16. The van der Waals surface area contributed by atoms with Crippen molar-refractivity contribution in [1.82, 2.24) is 8.97 Å². The molecule has 0 saturated heterocycles. The van der Waals surface area contributed by atoms with Crippen LogP contribution in [0.4, 0.5) is 0 Å². The number of para-hydroxylation sites is 3. The Morgan fingerprint density at radius 3 is 2.04 bits per heavy atom. The van der Waals surface area contributed by atoms with Crippen LogP contribution in [0.2, 0.25) is 0 Å². The van der Waals surface area contributed by atoms with E-state index >= 15 is 0 Å². The number of hydrogen-bond donors (Lipinski definition) is 0. The van der Waals surface area contributed by atoms with Gasteiger partial charge < -0.3 is 0 Å². The smallest absolute Gasteiger partial charge is 0.229 e. The number of aromatic nitrogens is 2. The predicted molar refractivity (Wildman–Crippen MR) is 102 cm³/mol. The van der Waals surface area contributed by atoms with Gasteiger partial charge in [0.2, 0.25) is 5.91 Å². The van der Waals surface area contributed by atoms with Crippen LogP contribution in [0.3, 0.4) is 0 Å². The highest BCUT2D eigenvalue weighted by Crippen LogP contribution is 2.38. The molecular weight excluding hydrogens is 308 g/mol. The zero-order valence-corrected chi connectivity index (χ0v) is 13.8. The fourth-order valence-electron chi connectivity index (χ4n) is 3.85. The summed E-state index contributed by atoms with van der Waals surface area (Å²) in [6, 6.07) is 26.7. The Hall–Kier alpha value is -3.33. The highest BCUT2D eigenvalue weighted by atomic mass is 16.1. The van der Waals surface area contributed by atoms with Crippen LogP contribution in [0, 0.1) is 0 Å². The van der Waals surface area contributed by atoms with Crippen LogP contribution in [-0.4, -0.2) is 14.9 Å². The van der Waals surface area contributed by atoms with Gasteiger partial charge in [-0.3, -0.25) is 13.8 Å². The first-order chi connectivity index (χ1) is 12.3. The number of rotatable bonds is 1. The second-order valence-electron chi connectivity index (χ2n) is 6.26. The summed E-state index contributed by atoms with van der Waals surface area (Å²) in [5.74, 6) is 0.0196. The van der Waals surface area contributed by atoms with Crippen molar-refractivity contribution in [3.05, 3.63) is 78.9 Å². The maximum Gasteiger partial charge on any atom is 0.229 e. The topological polar surface area (TPSA) is 26.4 Å². The Morgan fingerprint density at radius 2 is 1.32 bits per heavy atom. The predicted octanol–water partition coefficient (Wildman–Crippen LogP) is 5.37. The Morgan fingerprint density at radius 1 is 0.720 bits per heavy atom. The van der Waals surface area contributed by atoms with Crippen LogP contribution < -0.4 is 0 Å². The molecule has 120 valence electrons. The molecule has 3 heteroatoms. The minimum absolute atomic E-state index is 0.0196. The molecule has 0 spiro atoms. The fourth-order valence-corrected chi connectivity index (χ4v) is 3.85. The normalized spacial score (nSPS) is 11.6. The zero-order valence-electron chi connectivity index (χ0n) is 13.8. The molecular formula is C22H16N2O. The molecule has 0 aliphatic carbocycles. The van der Waals surface area contributed by atoms with Gasteiger partial charge in [0.15, 0.2) is 0 Å². The number of fused-ring (bicyclic) bond motifs is 5. The third kappa shape index (κ3) is 1.83. The average Bonchev–Trinajstić information content (AvgIpc) is 3.14. The maximum absolute atomic E-state index is 12.5. The van der Waals surface area contributed by atoms with E-state index in [0.717, 1.165) is 38.7 Å². The average molecular weight is 324 g/mol. The number of hydrogen-bond acceptors (Lipinski definition) is 1. The molecule has 5 rings (SSSR count). The molecule has 2 aromatic heterocycles. The van der Waals surface area contributed by atoms with Gasteiger partial charge in [-0.25, -0.2) is 0 Å². The number of nitrogens with zero attached hydrogens (tertiary/aromatic N) is 2. The molecule has 3 nitrogen and oxygen atoms in total. The van der Waals surface area contributed by atoms with Gasteiger partial charge >= 0.3 is 0 Å². The summed E-state index contributed by atoms with van der Waals surface area (Å²) in [6.07, 6.45) is 0. The molecule has 3 aromatic carbocycles. The van der Waals surface area contributed by atoms with Crippen molar-refractivity contribution in [3.63, 3.8) is 0 Å². The number of benzene rings is 3. The summed E-state index contributed by atoms with van der Waals surface area (Å²) < 4.78 is 4.03. The molecule has 25 heavy (non-hydrogen) atoms. The molecule has 0 aliphatic rings. The molecule has 0 radical (unpaired) electrons. The van der Waals surface area contributed by atoms with Crippen LogP contribution in [0.25, 0.3) is 38.7 Å². The summed E-state index contributed by atoms with van der Waals surface area (Å²) in [5.41, 5.74) is 6.25. The van der Waals surface area contributed by atoms with Crippen LogP contribution >= 0.6 is 0 Å². The van der Waals surface area contributed by atoms with Crippen molar-refractivity contribution in [1.29, 1.82) is 0 Å². The van der Waals surface area contributed by atoms with Gasteiger partial charge in [-0.05, 0) is 23.8 Å². The highest BCUT2D eigenvalue weighted by Gasteiger charge is 2.22. The van der Waals surface area contributed by atoms with Gasteiger partial charge in [-0.2, -0.15) is 0 Å². The number of carbonyl (C=O) groups excluding carboxylic acids is 1. The summed E-state index contributed by atoms with van der Waals surface area (Å²) in [6.45, 7) is 1.62. The third-order valence-corrected chi connectivity index (χ3v) is 4.80. The summed E-state index contributed by atoms with van der Waals surface area (Å²) >= 11 is 0. The Bertz CT molecular complexity index is 1260. The van der Waals surface area contributed by atoms with E-state index < -0.39 is 0 Å². The molecule has 5 aromatic rings. The molecule has 0 N–H and O–H groups in total. The largest absolute Gasteiger partial charge is 0.293 e. The SMILES string of the molecule is CC(=O)n1c2ccccc2n2c3ccccc3c(-c3ccccc3)c12. The van der Waals surface area contributed by atoms with Crippen LogP contribution in [-0.2, 0) is 0 Å². The maximum atomic E-state index is 12.5. The van der Waals surface area contributed by atoms with Crippen molar-refractivity contribution >= 4 is 33.5 Å². The molecule has 0 atom stereocenters. The van der Waals surface area contributed by atoms with E-state index in [1.165, 1.54) is 0 Å². The van der Waals surface area contributed by atoms with E-state index in [2.05, 4.69) is 40.8 Å². The summed E-state index contributed by atoms with van der Waals surface area (Å²) in [4.78, 5) is 12.5. The third-order valence-electron chi connectivity index (χ3n) is 4.80. The van der Waals surface area contributed by atoms with Crippen molar-refractivity contribution < 1.29 is 4.79 Å². The molecule has 0 amide bonds. The monoisotopic (exact) mass is 324 g/mol. The van der Waals surface area contributed by atoms with Gasteiger partial charge in [0, 0.05) is 17.9 Å². The van der Waals surface area contributed by atoms with Gasteiger partial charge in [0.05, 0.1) is 16.6 Å². The number of imidazole rings is 1. The lowest BCUT2D eigenvalue weighted by Crippen LogP contribution is -2.05. The molecule has 0 saturated carbocycles. The Balaban J connectivity index is 2.13. The molecule has 0 fully saturated rings. The lowest BCUT2D eigenvalue weighted by Gasteiger charge is -2.05. The second kappa shape index (κ2) is 5.08. The van der Waals surface area contributed by atoms with Crippen LogP contribution in [0.15, 0.2) is 78.9 Å².